The minimum atomic E-state index is -1.26. The van der Waals surface area contributed by atoms with Crippen LogP contribution in [0.3, 0.4) is 0 Å². The van der Waals surface area contributed by atoms with Gasteiger partial charge in [-0.3, -0.25) is 9.59 Å². The third-order valence-electron chi connectivity index (χ3n) is 2.65. The van der Waals surface area contributed by atoms with Crippen molar-refractivity contribution >= 4 is 17.8 Å². The zero-order valence-corrected chi connectivity index (χ0v) is 9.44. The summed E-state index contributed by atoms with van der Waals surface area (Å²) in [4.78, 5) is 33.2. The second kappa shape index (κ2) is 6.19. The van der Waals surface area contributed by atoms with Crippen molar-refractivity contribution in [2.45, 2.75) is 37.8 Å². The Hall–Kier alpha value is -1.63. The van der Waals surface area contributed by atoms with Crippen LogP contribution in [0.25, 0.3) is 0 Å². The van der Waals surface area contributed by atoms with Crippen molar-refractivity contribution in [2.24, 2.45) is 5.73 Å². The van der Waals surface area contributed by atoms with Crippen molar-refractivity contribution in [1.82, 2.24) is 10.6 Å². The monoisotopic (exact) mass is 243 g/mol. The second-order valence-corrected chi connectivity index (χ2v) is 4.07. The molecule has 7 nitrogen and oxygen atoms in total. The molecule has 1 heterocycles. The van der Waals surface area contributed by atoms with Gasteiger partial charge in [-0.2, -0.15) is 0 Å². The Labute approximate surface area is 98.7 Å². The van der Waals surface area contributed by atoms with Crippen molar-refractivity contribution in [3.8, 4) is 0 Å². The SMILES string of the molecule is NC(=O)CC(NC(=O)C1CCCCN1)C(=O)O. The largest absolute Gasteiger partial charge is 0.480 e. The van der Waals surface area contributed by atoms with Crippen molar-refractivity contribution in [3.05, 3.63) is 0 Å². The molecule has 1 fully saturated rings. The number of hydrogen-bond acceptors (Lipinski definition) is 4. The van der Waals surface area contributed by atoms with Crippen molar-refractivity contribution in [1.29, 1.82) is 0 Å². The Morgan fingerprint density at radius 3 is 2.59 bits per heavy atom. The third kappa shape index (κ3) is 4.39. The van der Waals surface area contributed by atoms with Crippen LogP contribution in [0.5, 0.6) is 0 Å². The summed E-state index contributed by atoms with van der Waals surface area (Å²) >= 11 is 0. The molecule has 0 saturated carbocycles. The summed E-state index contributed by atoms with van der Waals surface area (Å²) in [5, 5.41) is 14.1. The van der Waals surface area contributed by atoms with Gasteiger partial charge in [0.15, 0.2) is 0 Å². The van der Waals surface area contributed by atoms with Crippen LogP contribution in [0.2, 0.25) is 0 Å². The number of carbonyl (C=O) groups is 3. The summed E-state index contributed by atoms with van der Waals surface area (Å²) in [5.41, 5.74) is 4.92. The van der Waals surface area contributed by atoms with Gasteiger partial charge in [0.25, 0.3) is 0 Å². The van der Waals surface area contributed by atoms with E-state index in [1.54, 1.807) is 0 Å². The van der Waals surface area contributed by atoms with Gasteiger partial charge in [0.2, 0.25) is 11.8 Å². The molecule has 0 spiro atoms. The van der Waals surface area contributed by atoms with Gasteiger partial charge >= 0.3 is 5.97 Å². The summed E-state index contributed by atoms with van der Waals surface area (Å²) in [6.45, 7) is 0.742. The summed E-state index contributed by atoms with van der Waals surface area (Å²) in [5.74, 6) is -2.40. The zero-order chi connectivity index (χ0) is 12.8. The van der Waals surface area contributed by atoms with E-state index in [1.165, 1.54) is 0 Å². The summed E-state index contributed by atoms with van der Waals surface area (Å²) in [6, 6.07) is -1.62. The van der Waals surface area contributed by atoms with Gasteiger partial charge in [0.1, 0.15) is 6.04 Å². The summed E-state index contributed by atoms with van der Waals surface area (Å²) in [7, 11) is 0. The first kappa shape index (κ1) is 13.4. The Morgan fingerprint density at radius 1 is 1.41 bits per heavy atom. The van der Waals surface area contributed by atoms with E-state index in [4.69, 9.17) is 10.8 Å². The zero-order valence-electron chi connectivity index (χ0n) is 9.44. The number of primary amides is 1. The highest BCUT2D eigenvalue weighted by molar-refractivity contribution is 5.90. The number of nitrogens with one attached hydrogen (secondary N) is 2. The maximum absolute atomic E-state index is 11.7. The lowest BCUT2D eigenvalue weighted by atomic mass is 10.0. The normalized spacial score (nSPS) is 21.5. The minimum absolute atomic E-state index is 0.376. The molecule has 2 amide bonds. The van der Waals surface area contributed by atoms with Crippen molar-refractivity contribution in [3.63, 3.8) is 0 Å². The summed E-state index contributed by atoms with van der Waals surface area (Å²) < 4.78 is 0. The number of carbonyl (C=O) groups excluding carboxylic acids is 2. The lowest BCUT2D eigenvalue weighted by Gasteiger charge is -2.24. The van der Waals surface area contributed by atoms with E-state index < -0.39 is 30.2 Å². The minimum Gasteiger partial charge on any atom is -0.480 e. The Kier molecular flexibility index (Phi) is 4.89. The van der Waals surface area contributed by atoms with E-state index in [1.807, 2.05) is 0 Å². The standard InChI is InChI=1S/C10H17N3O4/c11-8(14)5-7(10(16)17)13-9(15)6-3-1-2-4-12-6/h6-7,12H,1-5H2,(H2,11,14)(H,13,15)(H,16,17). The van der Waals surface area contributed by atoms with Crippen molar-refractivity contribution < 1.29 is 19.5 Å². The van der Waals surface area contributed by atoms with Gasteiger partial charge in [0, 0.05) is 0 Å². The van der Waals surface area contributed by atoms with E-state index >= 15 is 0 Å². The Bertz CT molecular complexity index is 313. The topological polar surface area (TPSA) is 122 Å². The average Bonchev–Trinajstić information content (AvgIpc) is 2.28. The predicted molar refractivity (Wildman–Crippen MR) is 59.0 cm³/mol. The highest BCUT2D eigenvalue weighted by Gasteiger charge is 2.27. The van der Waals surface area contributed by atoms with Crippen LogP contribution < -0.4 is 16.4 Å². The highest BCUT2D eigenvalue weighted by atomic mass is 16.4. The second-order valence-electron chi connectivity index (χ2n) is 4.07. The lowest BCUT2D eigenvalue weighted by molar-refractivity contribution is -0.143. The van der Waals surface area contributed by atoms with Gasteiger partial charge in [-0.25, -0.2) is 4.79 Å². The quantitative estimate of drug-likeness (QED) is 0.472. The molecule has 7 heteroatoms. The fourth-order valence-corrected chi connectivity index (χ4v) is 1.75. The number of aliphatic carboxylic acids is 1. The van der Waals surface area contributed by atoms with E-state index in [-0.39, 0.29) is 6.04 Å². The molecule has 0 aromatic carbocycles. The van der Waals surface area contributed by atoms with Crippen LogP contribution in [-0.2, 0) is 14.4 Å². The Balaban J connectivity index is 2.50. The number of rotatable bonds is 5. The number of carboxylic acids is 1. The molecule has 96 valence electrons. The molecule has 0 bridgehead atoms. The van der Waals surface area contributed by atoms with E-state index in [9.17, 15) is 14.4 Å². The van der Waals surface area contributed by atoms with Gasteiger partial charge in [-0.05, 0) is 19.4 Å². The molecule has 1 aliphatic rings. The third-order valence-corrected chi connectivity index (χ3v) is 2.65. The first-order valence-corrected chi connectivity index (χ1v) is 5.55. The lowest BCUT2D eigenvalue weighted by Crippen LogP contribution is -2.52. The molecule has 2 unspecified atom stereocenters. The molecule has 0 aliphatic carbocycles. The van der Waals surface area contributed by atoms with Crippen LogP contribution in [0.4, 0.5) is 0 Å². The van der Waals surface area contributed by atoms with Gasteiger partial charge < -0.3 is 21.5 Å². The van der Waals surface area contributed by atoms with Crippen LogP contribution in [0.15, 0.2) is 0 Å². The molecule has 17 heavy (non-hydrogen) atoms. The first-order chi connectivity index (χ1) is 8.00. The van der Waals surface area contributed by atoms with Crippen molar-refractivity contribution in [2.75, 3.05) is 6.54 Å². The summed E-state index contributed by atoms with van der Waals surface area (Å²) in [6.07, 6.45) is 2.22. The van der Waals surface area contributed by atoms with Gasteiger partial charge in [-0.1, -0.05) is 6.42 Å². The van der Waals surface area contributed by atoms with Crippen LogP contribution in [-0.4, -0.2) is 41.5 Å². The average molecular weight is 243 g/mol. The Morgan fingerprint density at radius 2 is 2.12 bits per heavy atom. The molecule has 0 radical (unpaired) electrons. The van der Waals surface area contributed by atoms with Gasteiger partial charge in [-0.15, -0.1) is 0 Å². The van der Waals surface area contributed by atoms with Crippen LogP contribution in [0.1, 0.15) is 25.7 Å². The smallest absolute Gasteiger partial charge is 0.326 e. The molecular formula is C10H17N3O4. The molecule has 0 aromatic heterocycles. The molecule has 1 saturated heterocycles. The highest BCUT2D eigenvalue weighted by Crippen LogP contribution is 2.07. The molecule has 1 aliphatic heterocycles. The van der Waals surface area contributed by atoms with Gasteiger partial charge in [0.05, 0.1) is 12.5 Å². The van der Waals surface area contributed by atoms with E-state index in [2.05, 4.69) is 10.6 Å². The van der Waals surface area contributed by atoms with E-state index in [0.717, 1.165) is 19.4 Å². The van der Waals surface area contributed by atoms with Crippen LogP contribution >= 0.6 is 0 Å². The number of carboxylic acid groups (broad SMARTS) is 1. The van der Waals surface area contributed by atoms with Crippen LogP contribution in [0, 0.1) is 0 Å². The predicted octanol–water partition coefficient (Wildman–Crippen LogP) is -1.43. The first-order valence-electron chi connectivity index (χ1n) is 5.55. The maximum Gasteiger partial charge on any atom is 0.326 e. The fraction of sp³-hybridized carbons (Fsp3) is 0.700. The number of nitrogens with two attached hydrogens (primary N) is 1. The maximum atomic E-state index is 11.7. The molecular weight excluding hydrogens is 226 g/mol. The number of amides is 2. The van der Waals surface area contributed by atoms with E-state index in [0.29, 0.717) is 6.42 Å². The molecule has 0 aromatic rings. The fourth-order valence-electron chi connectivity index (χ4n) is 1.75. The molecule has 5 N–H and O–H groups in total. The molecule has 1 rings (SSSR count). The molecule has 2 atom stereocenters. The number of hydrogen-bond donors (Lipinski definition) is 4. The number of piperidine rings is 1.